The van der Waals surface area contributed by atoms with Gasteiger partial charge in [-0.1, -0.05) is 46.8 Å². The number of benzene rings is 1. The number of aromatic nitrogens is 5. The number of hydrogen-bond acceptors (Lipinski definition) is 8. The molecular weight excluding hydrogens is 508 g/mol. The van der Waals surface area contributed by atoms with E-state index < -0.39 is 6.17 Å². The van der Waals surface area contributed by atoms with Gasteiger partial charge in [-0.3, -0.25) is 9.48 Å². The number of fused-ring (bicyclic) bond motifs is 2. The summed E-state index contributed by atoms with van der Waals surface area (Å²) in [7, 11) is 1.87. The predicted molar refractivity (Wildman–Crippen MR) is 153 cm³/mol. The van der Waals surface area contributed by atoms with E-state index >= 15 is 0 Å². The highest BCUT2D eigenvalue weighted by molar-refractivity contribution is 5.92. The van der Waals surface area contributed by atoms with Gasteiger partial charge in [-0.05, 0) is 30.5 Å². The lowest BCUT2D eigenvalue weighted by Gasteiger charge is -2.20. The molecule has 0 saturated carbocycles. The standard InChI is InChI=1S/C27H30N8O3.C2H6/c1-27(2,3)26-33-24(34-38-26)25(36)30-19-6-5-11-37-20-12-15(7-8-18(19)20)17-9-10-28-23-21(17)31-22(32-23)16-13-29-35(4)14-16;1-2/h7-10,12-14,19,24,34H,5-6,11H2,1-4H3,(H,30,36)(H,28,31,32);1-2H3. The minimum Gasteiger partial charge on any atom is -0.493 e. The summed E-state index contributed by atoms with van der Waals surface area (Å²) in [6.07, 6.45) is 6.22. The molecule has 0 aliphatic carbocycles. The summed E-state index contributed by atoms with van der Waals surface area (Å²) >= 11 is 0. The number of hydroxylamine groups is 1. The summed E-state index contributed by atoms with van der Waals surface area (Å²) in [6.45, 7) is 10.5. The fourth-order valence-electron chi connectivity index (χ4n) is 4.71. The molecule has 210 valence electrons. The monoisotopic (exact) mass is 544 g/mol. The van der Waals surface area contributed by atoms with Gasteiger partial charge in [-0.2, -0.15) is 5.10 Å². The number of imidazole rings is 1. The van der Waals surface area contributed by atoms with Gasteiger partial charge in [-0.15, -0.1) is 5.48 Å². The van der Waals surface area contributed by atoms with Crippen LogP contribution in [-0.4, -0.2) is 49.3 Å². The number of aryl methyl sites for hydroxylation is 1. The normalized spacial score (nSPS) is 18.5. The zero-order valence-electron chi connectivity index (χ0n) is 23.8. The van der Waals surface area contributed by atoms with Gasteiger partial charge in [0.05, 0.1) is 29.9 Å². The summed E-state index contributed by atoms with van der Waals surface area (Å²) in [5.41, 5.74) is 7.67. The van der Waals surface area contributed by atoms with Crippen LogP contribution < -0.4 is 15.5 Å². The highest BCUT2D eigenvalue weighted by Crippen LogP contribution is 2.37. The molecule has 4 aromatic rings. The van der Waals surface area contributed by atoms with Gasteiger partial charge in [0.1, 0.15) is 11.6 Å². The molecule has 1 aromatic carbocycles. The van der Waals surface area contributed by atoms with Crippen molar-refractivity contribution in [2.45, 2.75) is 59.7 Å². The van der Waals surface area contributed by atoms with Crippen LogP contribution in [0.1, 0.15) is 59.1 Å². The Balaban J connectivity index is 0.00000158. The van der Waals surface area contributed by atoms with E-state index in [1.807, 2.05) is 72.1 Å². The van der Waals surface area contributed by atoms with E-state index in [0.717, 1.165) is 46.4 Å². The molecule has 1 amide bonds. The first-order chi connectivity index (χ1) is 19.3. The minimum absolute atomic E-state index is 0.202. The first-order valence-electron chi connectivity index (χ1n) is 13.7. The number of nitrogens with one attached hydrogen (secondary N) is 3. The van der Waals surface area contributed by atoms with Crippen molar-refractivity contribution in [3.63, 3.8) is 0 Å². The van der Waals surface area contributed by atoms with Crippen LogP contribution in [0.15, 0.2) is 47.8 Å². The number of aliphatic imine (C=N–C) groups is 1. The lowest BCUT2D eigenvalue weighted by molar-refractivity contribution is -0.125. The van der Waals surface area contributed by atoms with Crippen LogP contribution in [0.3, 0.4) is 0 Å². The Bertz CT molecular complexity index is 1550. The van der Waals surface area contributed by atoms with Crippen LogP contribution >= 0.6 is 0 Å². The number of nitrogens with zero attached hydrogens (tertiary/aromatic N) is 5. The molecule has 2 atom stereocenters. The highest BCUT2D eigenvalue weighted by Gasteiger charge is 2.33. The second-order valence-electron chi connectivity index (χ2n) is 10.7. The fraction of sp³-hybridized carbons (Fsp3) is 0.414. The number of amides is 1. The van der Waals surface area contributed by atoms with Crippen LogP contribution in [0.5, 0.6) is 5.75 Å². The molecule has 2 aliphatic heterocycles. The summed E-state index contributed by atoms with van der Waals surface area (Å²) in [6, 6.07) is 7.84. The van der Waals surface area contributed by atoms with Crippen LogP contribution in [0.4, 0.5) is 0 Å². The average Bonchev–Trinajstić information content (AvgIpc) is 3.68. The maximum Gasteiger partial charge on any atom is 0.263 e. The zero-order chi connectivity index (χ0) is 28.4. The second kappa shape index (κ2) is 11.1. The third kappa shape index (κ3) is 5.42. The number of carbonyl (C=O) groups is 1. The Hall–Kier alpha value is -4.25. The lowest BCUT2D eigenvalue weighted by atomic mass is 9.97. The molecule has 2 unspecified atom stereocenters. The van der Waals surface area contributed by atoms with E-state index in [2.05, 4.69) is 35.8 Å². The smallest absolute Gasteiger partial charge is 0.263 e. The van der Waals surface area contributed by atoms with Gasteiger partial charge < -0.3 is 19.9 Å². The molecule has 11 heteroatoms. The topological polar surface area (TPSA) is 131 Å². The number of carbonyl (C=O) groups excluding carboxylic acids is 1. The Morgan fingerprint density at radius 3 is 2.73 bits per heavy atom. The van der Waals surface area contributed by atoms with E-state index in [-0.39, 0.29) is 17.4 Å². The first-order valence-corrected chi connectivity index (χ1v) is 13.7. The van der Waals surface area contributed by atoms with E-state index in [1.165, 1.54) is 0 Å². The van der Waals surface area contributed by atoms with Crippen molar-refractivity contribution in [3.8, 4) is 28.3 Å². The van der Waals surface area contributed by atoms with Crippen LogP contribution in [0.2, 0.25) is 0 Å². The molecule has 6 rings (SSSR count). The average molecular weight is 545 g/mol. The number of pyridine rings is 1. The third-order valence-corrected chi connectivity index (χ3v) is 6.69. The van der Waals surface area contributed by atoms with Crippen molar-refractivity contribution in [3.05, 3.63) is 48.4 Å². The van der Waals surface area contributed by atoms with Gasteiger partial charge >= 0.3 is 0 Å². The van der Waals surface area contributed by atoms with E-state index in [4.69, 9.17) is 9.57 Å². The second-order valence-corrected chi connectivity index (χ2v) is 10.7. The largest absolute Gasteiger partial charge is 0.493 e. The maximum absolute atomic E-state index is 13.0. The molecule has 0 saturated heterocycles. The summed E-state index contributed by atoms with van der Waals surface area (Å²) in [4.78, 5) is 35.5. The van der Waals surface area contributed by atoms with Crippen molar-refractivity contribution in [2.24, 2.45) is 17.5 Å². The molecule has 3 aromatic heterocycles. The van der Waals surface area contributed by atoms with Gasteiger partial charge in [0.25, 0.3) is 5.91 Å². The Labute approximate surface area is 233 Å². The molecule has 0 fully saturated rings. The number of ether oxygens (including phenoxy) is 1. The van der Waals surface area contributed by atoms with Crippen LogP contribution in [0.25, 0.3) is 33.7 Å². The number of hydrogen-bond donors (Lipinski definition) is 3. The lowest BCUT2D eigenvalue weighted by Crippen LogP contribution is -2.41. The van der Waals surface area contributed by atoms with Gasteiger partial charge in [0.15, 0.2) is 5.65 Å². The molecule has 0 radical (unpaired) electrons. The first kappa shape index (κ1) is 27.3. The van der Waals surface area contributed by atoms with Gasteiger partial charge in [-0.25, -0.2) is 15.0 Å². The minimum atomic E-state index is -0.782. The number of H-pyrrole nitrogens is 1. The summed E-state index contributed by atoms with van der Waals surface area (Å²) in [5, 5.41) is 7.38. The van der Waals surface area contributed by atoms with E-state index in [9.17, 15) is 4.79 Å². The quantitative estimate of drug-likeness (QED) is 0.340. The van der Waals surface area contributed by atoms with Crippen molar-refractivity contribution < 1.29 is 14.4 Å². The predicted octanol–water partition coefficient (Wildman–Crippen LogP) is 4.69. The number of rotatable bonds is 4. The van der Waals surface area contributed by atoms with Crippen molar-refractivity contribution in [2.75, 3.05) is 6.61 Å². The molecule has 5 heterocycles. The molecule has 0 spiro atoms. The maximum atomic E-state index is 13.0. The summed E-state index contributed by atoms with van der Waals surface area (Å²) < 4.78 is 7.86. The van der Waals surface area contributed by atoms with E-state index in [0.29, 0.717) is 24.0 Å². The molecule has 0 bridgehead atoms. The Morgan fingerprint density at radius 2 is 2.00 bits per heavy atom. The molecule has 2 aliphatic rings. The zero-order valence-corrected chi connectivity index (χ0v) is 23.8. The Kier molecular flexibility index (Phi) is 7.57. The van der Waals surface area contributed by atoms with Crippen molar-refractivity contribution in [1.29, 1.82) is 0 Å². The molecule has 3 N–H and O–H groups in total. The third-order valence-electron chi connectivity index (χ3n) is 6.69. The van der Waals surface area contributed by atoms with Crippen LogP contribution in [-0.2, 0) is 16.7 Å². The fourth-order valence-corrected chi connectivity index (χ4v) is 4.71. The van der Waals surface area contributed by atoms with Crippen molar-refractivity contribution >= 4 is 23.0 Å². The van der Waals surface area contributed by atoms with Gasteiger partial charge in [0, 0.05) is 36.0 Å². The highest BCUT2D eigenvalue weighted by atomic mass is 16.7. The Morgan fingerprint density at radius 1 is 1.18 bits per heavy atom. The van der Waals surface area contributed by atoms with Crippen molar-refractivity contribution in [1.82, 2.24) is 35.5 Å². The van der Waals surface area contributed by atoms with Crippen LogP contribution in [0, 0.1) is 5.41 Å². The molecule has 40 heavy (non-hydrogen) atoms. The van der Waals surface area contributed by atoms with Gasteiger partial charge in [0.2, 0.25) is 12.1 Å². The number of aromatic amines is 1. The molecule has 11 nitrogen and oxygen atoms in total. The SMILES string of the molecule is CC.Cn1cc(-c2nc3nccc(-c4ccc5c(c4)OCCCC5NC(=O)C4N=C(C(C)(C)C)ON4)c3[nH]2)cn1. The van der Waals surface area contributed by atoms with E-state index in [1.54, 1.807) is 17.1 Å². The summed E-state index contributed by atoms with van der Waals surface area (Å²) in [5.74, 6) is 1.74. The molecular formula is C29H36N8O3.